The number of ether oxygens (including phenoxy) is 4. The van der Waals surface area contributed by atoms with Crippen molar-refractivity contribution in [1.29, 1.82) is 0 Å². The average Bonchev–Trinajstić information content (AvgIpc) is 3.38. The molecule has 0 bridgehead atoms. The van der Waals surface area contributed by atoms with Crippen LogP contribution in [0, 0.1) is 0 Å². The van der Waals surface area contributed by atoms with Gasteiger partial charge in [0, 0.05) is 27.6 Å². The summed E-state index contributed by atoms with van der Waals surface area (Å²) in [7, 11) is 0. The fraction of sp³-hybridized carbons (Fsp3) is 0.300. The van der Waals surface area contributed by atoms with Gasteiger partial charge >= 0.3 is 5.97 Å². The van der Waals surface area contributed by atoms with E-state index in [1.54, 1.807) is 36.4 Å². The molecule has 0 aromatic heterocycles. The first-order valence-corrected chi connectivity index (χ1v) is 14.2. The Morgan fingerprint density at radius 1 is 0.872 bits per heavy atom. The largest absolute Gasteiger partial charge is 0.486 e. The molecule has 1 saturated carbocycles. The molecule has 0 saturated heterocycles. The SMILES string of the molecule is O=C(OC1CCCCC1)/C(=C/c1cc(Cl)c(OCc2c(Cl)cccc2Cl)c(Cl)c1)Cc1ccc2c(c1)OCO2. The molecule has 9 heteroatoms. The Bertz CT molecular complexity index is 1350. The lowest BCUT2D eigenvalue weighted by atomic mass is 9.97. The van der Waals surface area contributed by atoms with Crippen LogP contribution in [0.5, 0.6) is 17.2 Å². The van der Waals surface area contributed by atoms with Gasteiger partial charge in [0.25, 0.3) is 0 Å². The van der Waals surface area contributed by atoms with Crippen LogP contribution >= 0.6 is 46.4 Å². The van der Waals surface area contributed by atoms with Crippen molar-refractivity contribution in [2.24, 2.45) is 0 Å². The number of hydrogen-bond acceptors (Lipinski definition) is 5. The van der Waals surface area contributed by atoms with Crippen LogP contribution in [0.1, 0.15) is 48.8 Å². The van der Waals surface area contributed by atoms with E-state index in [9.17, 15) is 4.79 Å². The Kier molecular flexibility index (Phi) is 9.13. The third-order valence-corrected chi connectivity index (χ3v) is 7.97. The summed E-state index contributed by atoms with van der Waals surface area (Å²) < 4.78 is 22.7. The molecule has 3 aromatic carbocycles. The fourth-order valence-corrected chi connectivity index (χ4v) is 5.80. The zero-order valence-corrected chi connectivity index (χ0v) is 24.0. The minimum Gasteiger partial charge on any atom is -0.486 e. The molecule has 0 amide bonds. The van der Waals surface area contributed by atoms with E-state index >= 15 is 0 Å². The van der Waals surface area contributed by atoms with Crippen molar-refractivity contribution in [3.63, 3.8) is 0 Å². The number of halogens is 4. The number of hydrogen-bond donors (Lipinski definition) is 0. The third kappa shape index (κ3) is 6.96. The second kappa shape index (κ2) is 12.7. The lowest BCUT2D eigenvalue weighted by molar-refractivity contribution is -0.145. The highest BCUT2D eigenvalue weighted by Crippen LogP contribution is 2.37. The Morgan fingerprint density at radius 3 is 2.28 bits per heavy atom. The van der Waals surface area contributed by atoms with Crippen molar-refractivity contribution >= 4 is 58.4 Å². The first kappa shape index (κ1) is 28.0. The van der Waals surface area contributed by atoms with E-state index in [4.69, 9.17) is 65.4 Å². The van der Waals surface area contributed by atoms with Gasteiger partial charge in [0.05, 0.1) is 10.0 Å². The molecule has 0 spiro atoms. The van der Waals surface area contributed by atoms with Crippen LogP contribution in [0.3, 0.4) is 0 Å². The summed E-state index contributed by atoms with van der Waals surface area (Å²) in [5.74, 6) is 1.27. The maximum Gasteiger partial charge on any atom is 0.334 e. The summed E-state index contributed by atoms with van der Waals surface area (Å²) in [5, 5.41) is 1.55. The number of benzene rings is 3. The summed E-state index contributed by atoms with van der Waals surface area (Å²) in [5.41, 5.74) is 2.64. The molecule has 0 radical (unpaired) electrons. The van der Waals surface area contributed by atoms with Gasteiger partial charge in [0.2, 0.25) is 6.79 Å². The van der Waals surface area contributed by atoms with Gasteiger partial charge in [-0.1, -0.05) is 65.0 Å². The molecule has 0 atom stereocenters. The molecule has 0 unspecified atom stereocenters. The molecule has 5 rings (SSSR count). The Labute approximate surface area is 247 Å². The molecule has 1 fully saturated rings. The van der Waals surface area contributed by atoms with Gasteiger partial charge < -0.3 is 18.9 Å². The van der Waals surface area contributed by atoms with Gasteiger partial charge in [-0.15, -0.1) is 0 Å². The molecule has 1 aliphatic heterocycles. The molecule has 204 valence electrons. The van der Waals surface area contributed by atoms with Gasteiger partial charge in [-0.2, -0.15) is 0 Å². The van der Waals surface area contributed by atoms with Crippen LogP contribution in [-0.4, -0.2) is 18.9 Å². The number of rotatable bonds is 8. The molecule has 1 heterocycles. The van der Waals surface area contributed by atoms with E-state index in [1.807, 2.05) is 18.2 Å². The second-order valence-corrected chi connectivity index (χ2v) is 11.1. The molecule has 0 N–H and O–H groups in total. The monoisotopic (exact) mass is 606 g/mol. The number of fused-ring (bicyclic) bond motifs is 1. The summed E-state index contributed by atoms with van der Waals surface area (Å²) >= 11 is 25.7. The van der Waals surface area contributed by atoms with Crippen molar-refractivity contribution in [2.75, 3.05) is 6.79 Å². The van der Waals surface area contributed by atoms with Crippen LogP contribution in [-0.2, 0) is 22.6 Å². The summed E-state index contributed by atoms with van der Waals surface area (Å²) in [6.45, 7) is 0.273. The normalized spacial score (nSPS) is 15.3. The highest BCUT2D eigenvalue weighted by molar-refractivity contribution is 6.37. The molecular formula is C30H26Cl4O5. The van der Waals surface area contributed by atoms with Gasteiger partial charge in [0.1, 0.15) is 12.7 Å². The molecule has 1 aliphatic carbocycles. The summed E-state index contributed by atoms with van der Waals surface area (Å²) in [4.78, 5) is 13.4. The first-order valence-electron chi connectivity index (χ1n) is 12.7. The molecule has 2 aliphatic rings. The second-order valence-electron chi connectivity index (χ2n) is 9.50. The zero-order chi connectivity index (χ0) is 27.4. The van der Waals surface area contributed by atoms with Gasteiger partial charge in [-0.25, -0.2) is 4.79 Å². The van der Waals surface area contributed by atoms with Crippen molar-refractivity contribution in [3.8, 4) is 17.2 Å². The van der Waals surface area contributed by atoms with Gasteiger partial charge in [0.15, 0.2) is 17.2 Å². The Morgan fingerprint density at radius 2 is 1.56 bits per heavy atom. The molecule has 39 heavy (non-hydrogen) atoms. The minimum atomic E-state index is -0.361. The standard InChI is InChI=1S/C30H26Cl4O5/c31-23-7-4-8-24(32)22(23)16-36-29-25(33)13-19(14-26(29)34)12-20(30(35)39-21-5-2-1-3-6-21)11-18-9-10-27-28(15-18)38-17-37-27/h4,7-10,12-15,21H,1-3,5-6,11,16-17H2/b20-12+. The van der Waals surface area contributed by atoms with Crippen molar-refractivity contribution < 1.29 is 23.7 Å². The summed E-state index contributed by atoms with van der Waals surface area (Å²) in [6, 6.07) is 14.2. The molecule has 3 aromatic rings. The van der Waals surface area contributed by atoms with Crippen LogP contribution in [0.25, 0.3) is 6.08 Å². The predicted molar refractivity (Wildman–Crippen MR) is 154 cm³/mol. The summed E-state index contributed by atoms with van der Waals surface area (Å²) in [6.07, 6.45) is 7.05. The van der Waals surface area contributed by atoms with E-state index in [2.05, 4.69) is 0 Å². The van der Waals surface area contributed by atoms with Crippen molar-refractivity contribution in [1.82, 2.24) is 0 Å². The molecular weight excluding hydrogens is 582 g/mol. The van der Waals surface area contributed by atoms with Crippen LogP contribution < -0.4 is 14.2 Å². The lowest BCUT2D eigenvalue weighted by Gasteiger charge is -2.22. The minimum absolute atomic E-state index is 0.0778. The van der Waals surface area contributed by atoms with Gasteiger partial charge in [-0.3, -0.25) is 0 Å². The lowest BCUT2D eigenvalue weighted by Crippen LogP contribution is -2.22. The van der Waals surface area contributed by atoms with E-state index in [0.717, 1.165) is 31.2 Å². The smallest absolute Gasteiger partial charge is 0.334 e. The quantitative estimate of drug-likeness (QED) is 0.189. The fourth-order valence-electron chi connectivity index (χ4n) is 4.68. The number of carbonyl (C=O) groups is 1. The predicted octanol–water partition coefficient (Wildman–Crippen LogP) is 9.11. The topological polar surface area (TPSA) is 54.0 Å². The zero-order valence-electron chi connectivity index (χ0n) is 21.0. The van der Waals surface area contributed by atoms with Crippen LogP contribution in [0.2, 0.25) is 20.1 Å². The van der Waals surface area contributed by atoms with E-state index < -0.39 is 0 Å². The maximum absolute atomic E-state index is 13.4. The maximum atomic E-state index is 13.4. The highest BCUT2D eigenvalue weighted by Gasteiger charge is 2.22. The highest BCUT2D eigenvalue weighted by atomic mass is 35.5. The van der Waals surface area contributed by atoms with Gasteiger partial charge in [-0.05, 0) is 79.3 Å². The third-order valence-electron chi connectivity index (χ3n) is 6.70. The van der Waals surface area contributed by atoms with E-state index in [0.29, 0.717) is 60.5 Å². The van der Waals surface area contributed by atoms with Crippen LogP contribution in [0.4, 0.5) is 0 Å². The van der Waals surface area contributed by atoms with E-state index in [1.165, 1.54) is 6.42 Å². The average molecular weight is 608 g/mol. The van der Waals surface area contributed by atoms with Crippen molar-refractivity contribution in [2.45, 2.75) is 51.2 Å². The van der Waals surface area contributed by atoms with E-state index in [-0.39, 0.29) is 25.5 Å². The Hall–Kier alpha value is -2.57. The molecule has 5 nitrogen and oxygen atoms in total. The number of esters is 1. The number of carbonyl (C=O) groups excluding carboxylic acids is 1. The van der Waals surface area contributed by atoms with Crippen LogP contribution in [0.15, 0.2) is 54.1 Å². The Balaban J connectivity index is 1.40. The first-order chi connectivity index (χ1) is 18.9. The van der Waals surface area contributed by atoms with Crippen molar-refractivity contribution in [3.05, 3.63) is 90.9 Å².